The number of anilines is 1. The predicted octanol–water partition coefficient (Wildman–Crippen LogP) is 1.33. The SMILES string of the molecule is C#CCN(C)Cc1ccccc1N. The van der Waals surface area contributed by atoms with Crippen molar-refractivity contribution >= 4 is 5.69 Å². The van der Waals surface area contributed by atoms with Crippen LogP contribution in [0.1, 0.15) is 5.56 Å². The molecule has 0 heterocycles. The van der Waals surface area contributed by atoms with Gasteiger partial charge in [0.1, 0.15) is 0 Å². The van der Waals surface area contributed by atoms with Crippen LogP contribution >= 0.6 is 0 Å². The topological polar surface area (TPSA) is 29.3 Å². The van der Waals surface area contributed by atoms with Crippen LogP contribution in [-0.2, 0) is 6.54 Å². The molecule has 0 aliphatic rings. The average Bonchev–Trinajstić information content (AvgIpc) is 2.09. The summed E-state index contributed by atoms with van der Waals surface area (Å²) in [6.45, 7) is 1.45. The van der Waals surface area contributed by atoms with E-state index in [1.807, 2.05) is 36.2 Å². The Morgan fingerprint density at radius 2 is 2.15 bits per heavy atom. The van der Waals surface area contributed by atoms with Gasteiger partial charge in [0.05, 0.1) is 6.54 Å². The Hall–Kier alpha value is -1.46. The summed E-state index contributed by atoms with van der Waals surface area (Å²) >= 11 is 0. The first-order valence-electron chi connectivity index (χ1n) is 4.19. The first kappa shape index (κ1) is 9.63. The van der Waals surface area contributed by atoms with Crippen molar-refractivity contribution in [1.82, 2.24) is 4.90 Å². The number of terminal acetylenes is 1. The molecule has 0 aliphatic carbocycles. The van der Waals surface area contributed by atoms with Gasteiger partial charge in [-0.1, -0.05) is 24.1 Å². The number of nitrogen functional groups attached to an aromatic ring is 1. The summed E-state index contributed by atoms with van der Waals surface area (Å²) < 4.78 is 0. The first-order chi connectivity index (χ1) is 6.24. The van der Waals surface area contributed by atoms with Gasteiger partial charge in [0.15, 0.2) is 0 Å². The molecule has 0 atom stereocenters. The molecule has 13 heavy (non-hydrogen) atoms. The lowest BCUT2D eigenvalue weighted by atomic mass is 10.2. The van der Waals surface area contributed by atoms with Crippen LogP contribution in [0, 0.1) is 12.3 Å². The number of hydrogen-bond acceptors (Lipinski definition) is 2. The van der Waals surface area contributed by atoms with Gasteiger partial charge in [0.2, 0.25) is 0 Å². The van der Waals surface area contributed by atoms with E-state index < -0.39 is 0 Å². The standard InChI is InChI=1S/C11H14N2/c1-3-8-13(2)9-10-6-4-5-7-11(10)12/h1,4-7H,8-9,12H2,2H3. The fourth-order valence-corrected chi connectivity index (χ4v) is 1.18. The average molecular weight is 174 g/mol. The van der Waals surface area contributed by atoms with Crippen molar-refractivity contribution in [1.29, 1.82) is 0 Å². The molecule has 2 nitrogen and oxygen atoms in total. The quantitative estimate of drug-likeness (QED) is 0.553. The van der Waals surface area contributed by atoms with E-state index in [1.165, 1.54) is 0 Å². The summed E-state index contributed by atoms with van der Waals surface area (Å²) in [5.41, 5.74) is 7.74. The number of benzene rings is 1. The van der Waals surface area contributed by atoms with Crippen molar-refractivity contribution in [3.8, 4) is 12.3 Å². The Morgan fingerprint density at radius 3 is 2.77 bits per heavy atom. The second-order valence-electron chi connectivity index (χ2n) is 3.08. The molecule has 2 N–H and O–H groups in total. The van der Waals surface area contributed by atoms with Gasteiger partial charge in [-0.2, -0.15) is 0 Å². The van der Waals surface area contributed by atoms with Gasteiger partial charge in [0, 0.05) is 12.2 Å². The highest BCUT2D eigenvalue weighted by Gasteiger charge is 2.00. The fraction of sp³-hybridized carbons (Fsp3) is 0.273. The summed E-state index contributed by atoms with van der Waals surface area (Å²) in [5.74, 6) is 2.59. The second kappa shape index (κ2) is 4.54. The molecular weight excluding hydrogens is 160 g/mol. The second-order valence-corrected chi connectivity index (χ2v) is 3.08. The normalized spacial score (nSPS) is 9.92. The molecule has 0 aliphatic heterocycles. The molecule has 2 heteroatoms. The van der Waals surface area contributed by atoms with Crippen LogP contribution < -0.4 is 5.73 Å². The number of para-hydroxylation sites is 1. The largest absolute Gasteiger partial charge is 0.398 e. The highest BCUT2D eigenvalue weighted by atomic mass is 15.1. The molecule has 0 spiro atoms. The summed E-state index contributed by atoms with van der Waals surface area (Å²) in [6.07, 6.45) is 5.20. The lowest BCUT2D eigenvalue weighted by Gasteiger charge is -2.14. The van der Waals surface area contributed by atoms with Crippen LogP contribution in [0.5, 0.6) is 0 Å². The maximum atomic E-state index is 5.79. The van der Waals surface area contributed by atoms with Crippen LogP contribution in [0.25, 0.3) is 0 Å². The zero-order chi connectivity index (χ0) is 9.68. The van der Waals surface area contributed by atoms with Crippen molar-refractivity contribution in [2.45, 2.75) is 6.54 Å². The van der Waals surface area contributed by atoms with Gasteiger partial charge in [-0.3, -0.25) is 4.90 Å². The van der Waals surface area contributed by atoms with Gasteiger partial charge in [-0.05, 0) is 18.7 Å². The van der Waals surface area contributed by atoms with Gasteiger partial charge >= 0.3 is 0 Å². The Kier molecular flexibility index (Phi) is 3.36. The Morgan fingerprint density at radius 1 is 1.46 bits per heavy atom. The highest BCUT2D eigenvalue weighted by molar-refractivity contribution is 5.46. The van der Waals surface area contributed by atoms with Crippen molar-refractivity contribution in [2.75, 3.05) is 19.3 Å². The number of rotatable bonds is 3. The van der Waals surface area contributed by atoms with Crippen molar-refractivity contribution in [3.63, 3.8) is 0 Å². The maximum absolute atomic E-state index is 5.79. The molecular formula is C11H14N2. The monoisotopic (exact) mass is 174 g/mol. The predicted molar refractivity (Wildman–Crippen MR) is 56.0 cm³/mol. The lowest BCUT2D eigenvalue weighted by molar-refractivity contribution is 0.370. The summed E-state index contributed by atoms with van der Waals surface area (Å²) in [7, 11) is 1.98. The van der Waals surface area contributed by atoms with E-state index in [0.717, 1.165) is 17.8 Å². The van der Waals surface area contributed by atoms with Crippen LogP contribution in [0.15, 0.2) is 24.3 Å². The minimum atomic E-state index is 0.647. The summed E-state index contributed by atoms with van der Waals surface area (Å²) in [5, 5.41) is 0. The Balaban J connectivity index is 2.64. The van der Waals surface area contributed by atoms with Gasteiger partial charge in [-0.25, -0.2) is 0 Å². The Bertz CT molecular complexity index is 312. The molecule has 0 saturated carbocycles. The van der Waals surface area contributed by atoms with Crippen LogP contribution in [0.3, 0.4) is 0 Å². The molecule has 1 rings (SSSR count). The molecule has 0 aromatic heterocycles. The smallest absolute Gasteiger partial charge is 0.0599 e. The van der Waals surface area contributed by atoms with E-state index in [9.17, 15) is 0 Å². The van der Waals surface area contributed by atoms with E-state index in [4.69, 9.17) is 12.2 Å². The van der Waals surface area contributed by atoms with Crippen LogP contribution in [0.4, 0.5) is 5.69 Å². The number of nitrogens with two attached hydrogens (primary N) is 1. The van der Waals surface area contributed by atoms with Crippen molar-refractivity contribution in [3.05, 3.63) is 29.8 Å². The van der Waals surface area contributed by atoms with E-state index in [1.54, 1.807) is 0 Å². The molecule has 0 radical (unpaired) electrons. The molecule has 0 fully saturated rings. The van der Waals surface area contributed by atoms with Crippen LogP contribution in [0.2, 0.25) is 0 Å². The molecule has 0 bridgehead atoms. The minimum absolute atomic E-state index is 0.647. The third-order valence-electron chi connectivity index (χ3n) is 1.86. The van der Waals surface area contributed by atoms with Gasteiger partial charge in [-0.15, -0.1) is 6.42 Å². The van der Waals surface area contributed by atoms with Gasteiger partial charge in [0.25, 0.3) is 0 Å². The van der Waals surface area contributed by atoms with E-state index in [0.29, 0.717) is 6.54 Å². The third-order valence-corrected chi connectivity index (χ3v) is 1.86. The van der Waals surface area contributed by atoms with E-state index in [-0.39, 0.29) is 0 Å². The minimum Gasteiger partial charge on any atom is -0.398 e. The maximum Gasteiger partial charge on any atom is 0.0599 e. The van der Waals surface area contributed by atoms with Crippen LogP contribution in [-0.4, -0.2) is 18.5 Å². The number of nitrogens with zero attached hydrogens (tertiary/aromatic N) is 1. The van der Waals surface area contributed by atoms with E-state index in [2.05, 4.69) is 5.92 Å². The molecule has 0 amide bonds. The fourth-order valence-electron chi connectivity index (χ4n) is 1.18. The molecule has 1 aromatic rings. The highest BCUT2D eigenvalue weighted by Crippen LogP contribution is 2.11. The van der Waals surface area contributed by atoms with Crippen molar-refractivity contribution in [2.24, 2.45) is 0 Å². The lowest BCUT2D eigenvalue weighted by Crippen LogP contribution is -2.18. The summed E-state index contributed by atoms with van der Waals surface area (Å²) in [4.78, 5) is 2.05. The third kappa shape index (κ3) is 2.81. The first-order valence-corrected chi connectivity index (χ1v) is 4.19. The van der Waals surface area contributed by atoms with E-state index >= 15 is 0 Å². The zero-order valence-electron chi connectivity index (χ0n) is 7.83. The molecule has 0 saturated heterocycles. The van der Waals surface area contributed by atoms with Gasteiger partial charge < -0.3 is 5.73 Å². The molecule has 68 valence electrons. The Labute approximate surface area is 79.4 Å². The van der Waals surface area contributed by atoms with Crippen molar-refractivity contribution < 1.29 is 0 Å². The molecule has 0 unspecified atom stereocenters. The summed E-state index contributed by atoms with van der Waals surface area (Å²) in [6, 6.07) is 7.83. The zero-order valence-corrected chi connectivity index (χ0v) is 7.83. The number of hydrogen-bond donors (Lipinski definition) is 1. The molecule has 1 aromatic carbocycles.